The highest BCUT2D eigenvalue weighted by Crippen LogP contribution is 2.22. The molecule has 0 spiro atoms. The van der Waals surface area contributed by atoms with Gasteiger partial charge in [-0.05, 0) is 37.6 Å². The van der Waals surface area contributed by atoms with Gasteiger partial charge in [0.25, 0.3) is 5.91 Å². The van der Waals surface area contributed by atoms with E-state index >= 15 is 0 Å². The normalized spacial score (nSPS) is 15.2. The van der Waals surface area contributed by atoms with Crippen LogP contribution < -0.4 is 0 Å². The van der Waals surface area contributed by atoms with Crippen LogP contribution >= 0.6 is 11.6 Å². The lowest BCUT2D eigenvalue weighted by Gasteiger charge is -2.34. The number of aromatic nitrogens is 2. The smallest absolute Gasteiger partial charge is 0.257 e. The van der Waals surface area contributed by atoms with Gasteiger partial charge in [-0.25, -0.2) is 8.42 Å². The second kappa shape index (κ2) is 9.05. The molecule has 32 heavy (non-hydrogen) atoms. The predicted molar refractivity (Wildman–Crippen MR) is 123 cm³/mol. The summed E-state index contributed by atoms with van der Waals surface area (Å²) in [7, 11) is -3.56. The Labute approximate surface area is 193 Å². The maximum atomic E-state index is 13.3. The highest BCUT2D eigenvalue weighted by atomic mass is 35.5. The molecule has 1 aromatic heterocycles. The number of carbonyl (C=O) groups excluding carboxylic acids is 1. The topological polar surface area (TPSA) is 75.5 Å². The molecule has 0 bridgehead atoms. The summed E-state index contributed by atoms with van der Waals surface area (Å²) in [4.78, 5) is 15.3. The summed E-state index contributed by atoms with van der Waals surface area (Å²) in [6.45, 7) is 5.35. The first-order valence-corrected chi connectivity index (χ1v) is 12.2. The molecule has 1 aliphatic rings. The van der Waals surface area contributed by atoms with Gasteiger partial charge in [-0.15, -0.1) is 0 Å². The molecule has 168 valence electrons. The average Bonchev–Trinajstić information content (AvgIpc) is 3.08. The number of hydrogen-bond acceptors (Lipinski definition) is 4. The molecule has 3 aromatic rings. The number of hydrogen-bond donors (Lipinski definition) is 0. The Hall–Kier alpha value is -2.68. The SMILES string of the molecule is Cc1nn(Cc2ccccc2Cl)c(C)c1C(=O)N1CCN(S(=O)(=O)c2ccccc2)CC1. The van der Waals surface area contributed by atoms with Gasteiger partial charge in [-0.2, -0.15) is 9.40 Å². The Kier molecular flexibility index (Phi) is 6.37. The molecule has 7 nitrogen and oxygen atoms in total. The second-order valence-electron chi connectivity index (χ2n) is 7.80. The maximum Gasteiger partial charge on any atom is 0.257 e. The van der Waals surface area contributed by atoms with Crippen LogP contribution in [0.25, 0.3) is 0 Å². The molecule has 0 N–H and O–H groups in total. The lowest BCUT2D eigenvalue weighted by atomic mass is 10.1. The average molecular weight is 473 g/mol. The molecule has 1 amide bonds. The van der Waals surface area contributed by atoms with Crippen molar-refractivity contribution < 1.29 is 13.2 Å². The first-order chi connectivity index (χ1) is 15.3. The highest BCUT2D eigenvalue weighted by molar-refractivity contribution is 7.89. The van der Waals surface area contributed by atoms with E-state index in [1.807, 2.05) is 38.1 Å². The largest absolute Gasteiger partial charge is 0.336 e. The third kappa shape index (κ3) is 4.30. The number of rotatable bonds is 5. The van der Waals surface area contributed by atoms with Gasteiger partial charge >= 0.3 is 0 Å². The quantitative estimate of drug-likeness (QED) is 0.570. The summed E-state index contributed by atoms with van der Waals surface area (Å²) >= 11 is 6.28. The molecule has 0 atom stereocenters. The number of amides is 1. The fraction of sp³-hybridized carbons (Fsp3) is 0.304. The van der Waals surface area contributed by atoms with Crippen LogP contribution in [-0.2, 0) is 16.6 Å². The van der Waals surface area contributed by atoms with Crippen molar-refractivity contribution in [1.29, 1.82) is 0 Å². The Balaban J connectivity index is 1.48. The summed E-state index contributed by atoms with van der Waals surface area (Å²) < 4.78 is 28.9. The summed E-state index contributed by atoms with van der Waals surface area (Å²) in [5.74, 6) is -0.123. The maximum absolute atomic E-state index is 13.3. The van der Waals surface area contributed by atoms with Gasteiger partial charge in [-0.3, -0.25) is 9.48 Å². The number of nitrogens with zero attached hydrogens (tertiary/aromatic N) is 4. The summed E-state index contributed by atoms with van der Waals surface area (Å²) in [6.07, 6.45) is 0. The van der Waals surface area contributed by atoms with Crippen LogP contribution in [0.5, 0.6) is 0 Å². The minimum atomic E-state index is -3.56. The lowest BCUT2D eigenvalue weighted by molar-refractivity contribution is 0.0696. The van der Waals surface area contributed by atoms with Gasteiger partial charge in [-0.1, -0.05) is 48.0 Å². The fourth-order valence-electron chi connectivity index (χ4n) is 3.98. The Morgan fingerprint density at radius 3 is 2.25 bits per heavy atom. The van der Waals surface area contributed by atoms with Crippen molar-refractivity contribution in [3.05, 3.63) is 82.1 Å². The van der Waals surface area contributed by atoms with Gasteiger partial charge in [0.2, 0.25) is 10.0 Å². The van der Waals surface area contributed by atoms with E-state index in [1.165, 1.54) is 4.31 Å². The van der Waals surface area contributed by atoms with Crippen LogP contribution in [0.3, 0.4) is 0 Å². The van der Waals surface area contributed by atoms with Crippen LogP contribution in [0.2, 0.25) is 5.02 Å². The van der Waals surface area contributed by atoms with Crippen molar-refractivity contribution in [2.24, 2.45) is 0 Å². The minimum Gasteiger partial charge on any atom is -0.336 e. The van der Waals surface area contributed by atoms with Gasteiger partial charge < -0.3 is 4.90 Å². The Bertz CT molecular complexity index is 1230. The molecule has 0 unspecified atom stereocenters. The molecule has 2 aromatic carbocycles. The zero-order chi connectivity index (χ0) is 22.9. The number of carbonyl (C=O) groups is 1. The van der Waals surface area contributed by atoms with Crippen LogP contribution in [0.15, 0.2) is 59.5 Å². The van der Waals surface area contributed by atoms with Gasteiger partial charge in [0.05, 0.1) is 22.7 Å². The van der Waals surface area contributed by atoms with Gasteiger partial charge in [0.1, 0.15) is 0 Å². The monoisotopic (exact) mass is 472 g/mol. The van der Waals surface area contributed by atoms with E-state index in [4.69, 9.17) is 11.6 Å². The first-order valence-electron chi connectivity index (χ1n) is 10.4. The van der Waals surface area contributed by atoms with Gasteiger partial charge in [0.15, 0.2) is 0 Å². The van der Waals surface area contributed by atoms with E-state index in [2.05, 4.69) is 5.10 Å². The molecule has 1 aliphatic heterocycles. The molecular formula is C23H25ClN4O3S. The third-order valence-corrected chi connectivity index (χ3v) is 8.06. The number of sulfonamides is 1. The Morgan fingerprint density at radius 2 is 1.59 bits per heavy atom. The second-order valence-corrected chi connectivity index (χ2v) is 10.1. The third-order valence-electron chi connectivity index (χ3n) is 5.78. The van der Waals surface area contributed by atoms with Crippen molar-refractivity contribution in [2.45, 2.75) is 25.3 Å². The van der Waals surface area contributed by atoms with E-state index in [0.29, 0.717) is 35.9 Å². The molecule has 0 radical (unpaired) electrons. The molecule has 9 heteroatoms. The van der Waals surface area contributed by atoms with Crippen molar-refractivity contribution in [1.82, 2.24) is 19.0 Å². The van der Waals surface area contributed by atoms with E-state index in [-0.39, 0.29) is 23.9 Å². The standard InChI is InChI=1S/C23H25ClN4O3S/c1-17-22(18(2)28(25-17)16-19-8-6-7-11-21(19)24)23(29)26-12-14-27(15-13-26)32(30,31)20-9-4-3-5-10-20/h3-11H,12-16H2,1-2H3. The molecule has 4 rings (SSSR count). The van der Waals surface area contributed by atoms with Crippen molar-refractivity contribution in [2.75, 3.05) is 26.2 Å². The zero-order valence-electron chi connectivity index (χ0n) is 18.0. The highest BCUT2D eigenvalue weighted by Gasteiger charge is 2.32. The first kappa shape index (κ1) is 22.5. The predicted octanol–water partition coefficient (Wildman–Crippen LogP) is 3.35. The number of benzene rings is 2. The molecule has 1 saturated heterocycles. The van der Waals surface area contributed by atoms with Crippen LogP contribution in [-0.4, -0.2) is 59.5 Å². The molecule has 0 aliphatic carbocycles. The van der Waals surface area contributed by atoms with E-state index in [0.717, 1.165) is 11.3 Å². The van der Waals surface area contributed by atoms with Crippen LogP contribution in [0.1, 0.15) is 27.3 Å². The lowest BCUT2D eigenvalue weighted by Crippen LogP contribution is -2.50. The molecule has 1 fully saturated rings. The van der Waals surface area contributed by atoms with Gasteiger partial charge in [0, 0.05) is 36.9 Å². The van der Waals surface area contributed by atoms with Crippen molar-refractivity contribution in [3.8, 4) is 0 Å². The molecular weight excluding hydrogens is 448 g/mol. The summed E-state index contributed by atoms with van der Waals surface area (Å²) in [5, 5.41) is 5.22. The minimum absolute atomic E-state index is 0.123. The number of piperazine rings is 1. The number of halogens is 1. The Morgan fingerprint density at radius 1 is 0.969 bits per heavy atom. The summed E-state index contributed by atoms with van der Waals surface area (Å²) in [5.41, 5.74) is 2.92. The molecule has 2 heterocycles. The fourth-order valence-corrected chi connectivity index (χ4v) is 5.62. The van der Waals surface area contributed by atoms with E-state index in [1.54, 1.807) is 39.9 Å². The van der Waals surface area contributed by atoms with Crippen molar-refractivity contribution in [3.63, 3.8) is 0 Å². The van der Waals surface area contributed by atoms with Crippen LogP contribution in [0.4, 0.5) is 0 Å². The molecule has 0 saturated carbocycles. The van der Waals surface area contributed by atoms with Crippen molar-refractivity contribution >= 4 is 27.5 Å². The van der Waals surface area contributed by atoms with E-state index < -0.39 is 10.0 Å². The summed E-state index contributed by atoms with van der Waals surface area (Å²) in [6, 6.07) is 15.9. The number of aryl methyl sites for hydroxylation is 1. The zero-order valence-corrected chi connectivity index (χ0v) is 19.6. The van der Waals surface area contributed by atoms with E-state index in [9.17, 15) is 13.2 Å². The van der Waals surface area contributed by atoms with Crippen LogP contribution in [0, 0.1) is 13.8 Å².